The molecule has 0 spiro atoms. The molecule has 2 rings (SSSR count). The molecule has 1 fully saturated rings. The summed E-state index contributed by atoms with van der Waals surface area (Å²) in [6.07, 6.45) is 0.914. The monoisotopic (exact) mass is 314 g/mol. The van der Waals surface area contributed by atoms with Crippen LogP contribution in [0.15, 0.2) is 23.1 Å². The van der Waals surface area contributed by atoms with Gasteiger partial charge in [0.05, 0.1) is 4.90 Å². The normalized spacial score (nSPS) is 17.3. The first kappa shape index (κ1) is 15.8. The van der Waals surface area contributed by atoms with Crippen molar-refractivity contribution >= 4 is 21.8 Å². The van der Waals surface area contributed by atoms with Crippen molar-refractivity contribution in [1.29, 1.82) is 0 Å². The summed E-state index contributed by atoms with van der Waals surface area (Å²) in [6.45, 7) is 4.01. The lowest BCUT2D eigenvalue weighted by molar-refractivity contribution is 0.443. The van der Waals surface area contributed by atoms with Crippen molar-refractivity contribution in [2.75, 3.05) is 31.6 Å². The van der Waals surface area contributed by atoms with E-state index in [0.29, 0.717) is 24.5 Å². The minimum atomic E-state index is -3.34. The van der Waals surface area contributed by atoms with Gasteiger partial charge < -0.3 is 5.32 Å². The smallest absolute Gasteiger partial charge is 0.243 e. The zero-order valence-corrected chi connectivity index (χ0v) is 13.7. The molecule has 1 heterocycles. The molecule has 6 heteroatoms. The first-order valence-corrected chi connectivity index (χ1v) is 9.53. The van der Waals surface area contributed by atoms with Crippen LogP contribution < -0.4 is 5.32 Å². The predicted octanol–water partition coefficient (Wildman–Crippen LogP) is 1.71. The van der Waals surface area contributed by atoms with Gasteiger partial charge in [-0.3, -0.25) is 0 Å². The Kier molecular flexibility index (Phi) is 5.49. The Balaban J connectivity index is 2.33. The second-order valence-electron chi connectivity index (χ2n) is 4.83. The molecule has 4 nitrogen and oxygen atoms in total. The molecular formula is C14H22N2O2S2. The van der Waals surface area contributed by atoms with Crippen molar-refractivity contribution in [3.8, 4) is 0 Å². The van der Waals surface area contributed by atoms with E-state index in [1.54, 1.807) is 10.4 Å². The van der Waals surface area contributed by atoms with Crippen LogP contribution >= 0.6 is 11.8 Å². The maximum Gasteiger partial charge on any atom is 0.243 e. The fourth-order valence-corrected chi connectivity index (χ4v) is 5.03. The van der Waals surface area contributed by atoms with Crippen LogP contribution in [0.25, 0.3) is 0 Å². The van der Waals surface area contributed by atoms with Crippen LogP contribution in [-0.2, 0) is 23.0 Å². The summed E-state index contributed by atoms with van der Waals surface area (Å²) in [6, 6.07) is 5.51. The van der Waals surface area contributed by atoms with Crippen molar-refractivity contribution in [3.63, 3.8) is 0 Å². The van der Waals surface area contributed by atoms with Crippen LogP contribution in [0.4, 0.5) is 0 Å². The van der Waals surface area contributed by atoms with E-state index < -0.39 is 10.0 Å². The van der Waals surface area contributed by atoms with Gasteiger partial charge in [0.25, 0.3) is 0 Å². The number of aryl methyl sites for hydroxylation is 1. The van der Waals surface area contributed by atoms with Gasteiger partial charge in [0.2, 0.25) is 10.0 Å². The lowest BCUT2D eigenvalue weighted by Crippen LogP contribution is -2.37. The van der Waals surface area contributed by atoms with E-state index in [4.69, 9.17) is 0 Å². The Hall–Kier alpha value is -0.560. The second kappa shape index (κ2) is 6.93. The zero-order valence-electron chi connectivity index (χ0n) is 12.1. The summed E-state index contributed by atoms with van der Waals surface area (Å²) in [5, 5.41) is 3.11. The van der Waals surface area contributed by atoms with Crippen LogP contribution in [0.5, 0.6) is 0 Å². The van der Waals surface area contributed by atoms with Gasteiger partial charge in [-0.1, -0.05) is 13.0 Å². The summed E-state index contributed by atoms with van der Waals surface area (Å²) in [7, 11) is -1.46. The standard InChI is InChI=1S/C14H22N2O2S2/c1-3-12-4-5-14(10-13(12)11-15-2)20(17,18)16-6-8-19-9-7-16/h4-5,10,15H,3,6-9,11H2,1-2H3. The topological polar surface area (TPSA) is 49.4 Å². The zero-order chi connectivity index (χ0) is 14.6. The fourth-order valence-electron chi connectivity index (χ4n) is 2.40. The first-order valence-electron chi connectivity index (χ1n) is 6.94. The predicted molar refractivity (Wildman–Crippen MR) is 84.7 cm³/mol. The van der Waals surface area contributed by atoms with Crippen molar-refractivity contribution in [3.05, 3.63) is 29.3 Å². The Morgan fingerprint density at radius 2 is 1.95 bits per heavy atom. The summed E-state index contributed by atoms with van der Waals surface area (Å²) < 4.78 is 26.9. The highest BCUT2D eigenvalue weighted by atomic mass is 32.2. The highest BCUT2D eigenvalue weighted by molar-refractivity contribution is 7.99. The molecule has 1 aromatic rings. The molecule has 1 saturated heterocycles. The van der Waals surface area contributed by atoms with Gasteiger partial charge in [0.1, 0.15) is 0 Å². The molecule has 0 aromatic heterocycles. The largest absolute Gasteiger partial charge is 0.316 e. The first-order chi connectivity index (χ1) is 9.59. The molecule has 1 aliphatic rings. The molecule has 20 heavy (non-hydrogen) atoms. The van der Waals surface area contributed by atoms with Crippen LogP contribution in [0.3, 0.4) is 0 Å². The molecule has 112 valence electrons. The van der Waals surface area contributed by atoms with Crippen LogP contribution in [0.1, 0.15) is 18.1 Å². The third kappa shape index (κ3) is 3.36. The van der Waals surface area contributed by atoms with Gasteiger partial charge in [-0.25, -0.2) is 8.42 Å². The van der Waals surface area contributed by atoms with Crippen LogP contribution in [-0.4, -0.2) is 44.4 Å². The van der Waals surface area contributed by atoms with Gasteiger partial charge in [-0.2, -0.15) is 16.1 Å². The number of hydrogen-bond acceptors (Lipinski definition) is 4. The van der Waals surface area contributed by atoms with E-state index in [2.05, 4.69) is 12.2 Å². The molecule has 1 aliphatic heterocycles. The molecule has 0 saturated carbocycles. The summed E-state index contributed by atoms with van der Waals surface area (Å²) in [5.41, 5.74) is 2.27. The number of nitrogens with one attached hydrogen (secondary N) is 1. The maximum absolute atomic E-state index is 12.6. The highest BCUT2D eigenvalue weighted by Crippen LogP contribution is 2.23. The van der Waals surface area contributed by atoms with Crippen molar-refractivity contribution in [1.82, 2.24) is 9.62 Å². The molecule has 0 aliphatic carbocycles. The summed E-state index contributed by atoms with van der Waals surface area (Å²) >= 11 is 1.81. The number of hydrogen-bond donors (Lipinski definition) is 1. The maximum atomic E-state index is 12.6. The van der Waals surface area contributed by atoms with E-state index in [-0.39, 0.29) is 0 Å². The van der Waals surface area contributed by atoms with E-state index in [1.165, 1.54) is 5.56 Å². The quantitative estimate of drug-likeness (QED) is 0.899. The average molecular weight is 314 g/mol. The Bertz CT molecular complexity index is 552. The van der Waals surface area contributed by atoms with Gasteiger partial charge in [0.15, 0.2) is 0 Å². The van der Waals surface area contributed by atoms with Crippen LogP contribution in [0.2, 0.25) is 0 Å². The molecule has 0 atom stereocenters. The molecular weight excluding hydrogens is 292 g/mol. The van der Waals surface area contributed by atoms with E-state index in [0.717, 1.165) is 23.5 Å². The average Bonchev–Trinajstić information content (AvgIpc) is 2.48. The minimum absolute atomic E-state index is 0.423. The number of nitrogens with zero attached hydrogens (tertiary/aromatic N) is 1. The van der Waals surface area contributed by atoms with Crippen LogP contribution in [0, 0.1) is 0 Å². The van der Waals surface area contributed by atoms with E-state index in [1.807, 2.05) is 30.9 Å². The Morgan fingerprint density at radius 3 is 2.55 bits per heavy atom. The van der Waals surface area contributed by atoms with Gasteiger partial charge in [0, 0.05) is 31.1 Å². The van der Waals surface area contributed by atoms with Crippen molar-refractivity contribution in [2.24, 2.45) is 0 Å². The van der Waals surface area contributed by atoms with Gasteiger partial charge in [-0.05, 0) is 36.7 Å². The van der Waals surface area contributed by atoms with E-state index >= 15 is 0 Å². The van der Waals surface area contributed by atoms with Gasteiger partial charge >= 0.3 is 0 Å². The molecule has 0 bridgehead atoms. The Labute approximate surface area is 126 Å². The molecule has 1 N–H and O–H groups in total. The molecule has 0 unspecified atom stereocenters. The second-order valence-corrected chi connectivity index (χ2v) is 7.99. The number of rotatable bonds is 5. The summed E-state index contributed by atoms with van der Waals surface area (Å²) in [5.74, 6) is 1.77. The Morgan fingerprint density at radius 1 is 1.25 bits per heavy atom. The lowest BCUT2D eigenvalue weighted by Gasteiger charge is -2.26. The molecule has 0 amide bonds. The van der Waals surface area contributed by atoms with Crippen molar-refractivity contribution < 1.29 is 8.42 Å². The SMILES string of the molecule is CCc1ccc(S(=O)(=O)N2CCSCC2)cc1CNC. The summed E-state index contributed by atoms with van der Waals surface area (Å²) in [4.78, 5) is 0.423. The fraction of sp³-hybridized carbons (Fsp3) is 0.571. The third-order valence-corrected chi connectivity index (χ3v) is 6.37. The minimum Gasteiger partial charge on any atom is -0.316 e. The van der Waals surface area contributed by atoms with Gasteiger partial charge in [-0.15, -0.1) is 0 Å². The number of thioether (sulfide) groups is 1. The van der Waals surface area contributed by atoms with E-state index in [9.17, 15) is 8.42 Å². The number of sulfonamides is 1. The lowest BCUT2D eigenvalue weighted by atomic mass is 10.1. The third-order valence-electron chi connectivity index (χ3n) is 3.53. The highest BCUT2D eigenvalue weighted by Gasteiger charge is 2.26. The van der Waals surface area contributed by atoms with Crippen molar-refractivity contribution in [2.45, 2.75) is 24.8 Å². The number of benzene rings is 1. The molecule has 1 aromatic carbocycles. The molecule has 0 radical (unpaired) electrons.